The summed E-state index contributed by atoms with van der Waals surface area (Å²) in [5.74, 6) is -0.550. The van der Waals surface area contributed by atoms with E-state index in [2.05, 4.69) is 4.98 Å². The van der Waals surface area contributed by atoms with E-state index in [1.807, 2.05) is 0 Å². The third kappa shape index (κ3) is 1.58. The van der Waals surface area contributed by atoms with Crippen LogP contribution in [0.4, 0.5) is 18.9 Å². The van der Waals surface area contributed by atoms with Gasteiger partial charge in [-0.1, -0.05) is 6.07 Å². The zero-order valence-corrected chi connectivity index (χ0v) is 8.47. The summed E-state index contributed by atoms with van der Waals surface area (Å²) in [6.07, 6.45) is -2.71. The number of hydrogen-bond acceptors (Lipinski definition) is 2. The number of aryl methyl sites for hydroxylation is 1. The van der Waals surface area contributed by atoms with Crippen molar-refractivity contribution in [1.29, 1.82) is 0 Å². The molecular weight excluding hydrogens is 217 g/mol. The van der Waals surface area contributed by atoms with Crippen molar-refractivity contribution in [2.45, 2.75) is 13.3 Å². The van der Waals surface area contributed by atoms with Gasteiger partial charge in [0.2, 0.25) is 0 Å². The number of aromatic nitrogens is 1. The van der Waals surface area contributed by atoms with Crippen LogP contribution >= 0.6 is 0 Å². The molecule has 0 radical (unpaired) electrons. The number of rotatable bonds is 1. The van der Waals surface area contributed by atoms with Gasteiger partial charge in [0, 0.05) is 5.69 Å². The minimum Gasteiger partial charge on any atom is -0.398 e. The quantitative estimate of drug-likeness (QED) is 0.810. The number of nitrogens with zero attached hydrogens (tertiary/aromatic N) is 1. The van der Waals surface area contributed by atoms with E-state index in [4.69, 9.17) is 5.73 Å². The Kier molecular flexibility index (Phi) is 2.46. The molecule has 2 aromatic rings. The second kappa shape index (κ2) is 3.66. The first-order chi connectivity index (χ1) is 7.50. The molecule has 0 amide bonds. The first-order valence-electron chi connectivity index (χ1n) is 4.64. The summed E-state index contributed by atoms with van der Waals surface area (Å²) in [5.41, 5.74) is 5.91. The lowest BCUT2D eigenvalue weighted by Crippen LogP contribution is -1.99. The number of nitrogens with two attached hydrogens (primary N) is 1. The zero-order chi connectivity index (χ0) is 11.9. The third-order valence-electron chi connectivity index (χ3n) is 2.39. The smallest absolute Gasteiger partial charge is 0.280 e. The predicted octanol–water partition coefficient (Wildman–Crippen LogP) is 3.20. The summed E-state index contributed by atoms with van der Waals surface area (Å²) >= 11 is 0. The van der Waals surface area contributed by atoms with E-state index in [9.17, 15) is 13.2 Å². The Hall–Kier alpha value is -1.78. The summed E-state index contributed by atoms with van der Waals surface area (Å²) in [5, 5.41) is 0.101. The van der Waals surface area contributed by atoms with Crippen LogP contribution in [0.1, 0.15) is 17.7 Å². The van der Waals surface area contributed by atoms with Crippen molar-refractivity contribution in [1.82, 2.24) is 4.98 Å². The number of fused-ring (bicyclic) bond motifs is 1. The Morgan fingerprint density at radius 2 is 2.00 bits per heavy atom. The molecule has 5 heteroatoms. The average molecular weight is 226 g/mol. The van der Waals surface area contributed by atoms with Crippen LogP contribution in [0, 0.1) is 12.7 Å². The molecule has 1 aromatic heterocycles. The standard InChI is InChI=1S/C11H9F3N2/c1-5-2-3-6(12)9-7(15)4-8(11(13)14)16-10(5)9/h2-4,11H,1H3,(H2,15,16). The van der Waals surface area contributed by atoms with Crippen molar-refractivity contribution in [2.24, 2.45) is 0 Å². The summed E-state index contributed by atoms with van der Waals surface area (Å²) in [6, 6.07) is 3.74. The van der Waals surface area contributed by atoms with Gasteiger partial charge in [-0.2, -0.15) is 0 Å². The van der Waals surface area contributed by atoms with E-state index < -0.39 is 17.9 Å². The van der Waals surface area contributed by atoms with Crippen LogP contribution in [-0.2, 0) is 0 Å². The van der Waals surface area contributed by atoms with Crippen LogP contribution in [0.5, 0.6) is 0 Å². The third-order valence-corrected chi connectivity index (χ3v) is 2.39. The molecule has 0 saturated carbocycles. The summed E-state index contributed by atoms with van der Waals surface area (Å²) < 4.78 is 38.4. The molecule has 1 heterocycles. The molecule has 0 saturated heterocycles. The molecule has 0 spiro atoms. The monoisotopic (exact) mass is 226 g/mol. The molecule has 0 atom stereocenters. The highest BCUT2D eigenvalue weighted by Gasteiger charge is 2.15. The molecule has 0 aliphatic rings. The molecule has 2 rings (SSSR count). The minimum absolute atomic E-state index is 0.0125. The van der Waals surface area contributed by atoms with E-state index in [-0.39, 0.29) is 16.6 Å². The average Bonchev–Trinajstić information content (AvgIpc) is 2.22. The molecule has 0 aliphatic carbocycles. The van der Waals surface area contributed by atoms with Gasteiger partial charge >= 0.3 is 0 Å². The van der Waals surface area contributed by atoms with Gasteiger partial charge in [0.1, 0.15) is 11.5 Å². The highest BCUT2D eigenvalue weighted by Crippen LogP contribution is 2.29. The van der Waals surface area contributed by atoms with Gasteiger partial charge in [0.25, 0.3) is 6.43 Å². The van der Waals surface area contributed by atoms with Gasteiger partial charge in [-0.05, 0) is 24.6 Å². The fourth-order valence-corrected chi connectivity index (χ4v) is 1.59. The number of alkyl halides is 2. The summed E-state index contributed by atoms with van der Waals surface area (Å²) in [4.78, 5) is 3.73. The maximum absolute atomic E-state index is 13.5. The van der Waals surface area contributed by atoms with Crippen molar-refractivity contribution in [2.75, 3.05) is 5.73 Å². The molecule has 0 unspecified atom stereocenters. The lowest BCUT2D eigenvalue weighted by atomic mass is 10.1. The molecule has 84 valence electrons. The van der Waals surface area contributed by atoms with Crippen molar-refractivity contribution >= 4 is 16.6 Å². The highest BCUT2D eigenvalue weighted by molar-refractivity contribution is 5.92. The SMILES string of the molecule is Cc1ccc(F)c2c(N)cc(C(F)F)nc12. The van der Waals surface area contributed by atoms with E-state index in [0.29, 0.717) is 5.56 Å². The fourth-order valence-electron chi connectivity index (χ4n) is 1.59. The molecule has 1 aromatic carbocycles. The van der Waals surface area contributed by atoms with Crippen LogP contribution in [0.3, 0.4) is 0 Å². The van der Waals surface area contributed by atoms with E-state index in [1.165, 1.54) is 12.1 Å². The zero-order valence-electron chi connectivity index (χ0n) is 8.47. The van der Waals surface area contributed by atoms with E-state index >= 15 is 0 Å². The normalized spacial score (nSPS) is 11.3. The number of hydrogen-bond donors (Lipinski definition) is 1. The Labute approximate surface area is 89.9 Å². The van der Waals surface area contributed by atoms with Crippen LogP contribution in [0.25, 0.3) is 10.9 Å². The molecule has 16 heavy (non-hydrogen) atoms. The Bertz CT molecular complexity index is 552. The lowest BCUT2D eigenvalue weighted by molar-refractivity contribution is 0.146. The van der Waals surface area contributed by atoms with Gasteiger partial charge in [-0.15, -0.1) is 0 Å². The Balaban J connectivity index is 2.86. The predicted molar refractivity (Wildman–Crippen MR) is 55.8 cm³/mol. The van der Waals surface area contributed by atoms with Gasteiger partial charge < -0.3 is 5.73 Å². The second-order valence-electron chi connectivity index (χ2n) is 3.52. The summed E-state index contributed by atoms with van der Waals surface area (Å²) in [7, 11) is 0. The minimum atomic E-state index is -2.71. The van der Waals surface area contributed by atoms with Crippen molar-refractivity contribution < 1.29 is 13.2 Å². The Morgan fingerprint density at radius 3 is 2.62 bits per heavy atom. The highest BCUT2D eigenvalue weighted by atomic mass is 19.3. The maximum atomic E-state index is 13.5. The first kappa shape index (κ1) is 10.7. The van der Waals surface area contributed by atoms with Gasteiger partial charge in [-0.25, -0.2) is 18.2 Å². The maximum Gasteiger partial charge on any atom is 0.280 e. The van der Waals surface area contributed by atoms with Crippen LogP contribution in [-0.4, -0.2) is 4.98 Å². The van der Waals surface area contributed by atoms with Crippen LogP contribution in [0.2, 0.25) is 0 Å². The Morgan fingerprint density at radius 1 is 1.31 bits per heavy atom. The van der Waals surface area contributed by atoms with E-state index in [0.717, 1.165) is 6.07 Å². The molecule has 0 fully saturated rings. The van der Waals surface area contributed by atoms with Crippen LogP contribution in [0.15, 0.2) is 18.2 Å². The van der Waals surface area contributed by atoms with Crippen molar-refractivity contribution in [3.63, 3.8) is 0 Å². The molecule has 2 nitrogen and oxygen atoms in total. The summed E-state index contributed by atoms with van der Waals surface area (Å²) in [6.45, 7) is 1.67. The van der Waals surface area contributed by atoms with Gasteiger partial charge in [0.05, 0.1) is 10.9 Å². The second-order valence-corrected chi connectivity index (χ2v) is 3.52. The largest absolute Gasteiger partial charge is 0.398 e. The van der Waals surface area contributed by atoms with Gasteiger partial charge in [-0.3, -0.25) is 0 Å². The van der Waals surface area contributed by atoms with E-state index in [1.54, 1.807) is 6.92 Å². The van der Waals surface area contributed by atoms with Crippen LogP contribution < -0.4 is 5.73 Å². The topological polar surface area (TPSA) is 38.9 Å². The van der Waals surface area contributed by atoms with Crippen molar-refractivity contribution in [3.8, 4) is 0 Å². The van der Waals surface area contributed by atoms with Crippen molar-refractivity contribution in [3.05, 3.63) is 35.3 Å². The van der Waals surface area contributed by atoms with Gasteiger partial charge in [0.15, 0.2) is 0 Å². The fraction of sp³-hybridized carbons (Fsp3) is 0.182. The number of halogens is 3. The number of nitrogen functional groups attached to an aromatic ring is 1. The molecule has 2 N–H and O–H groups in total. The molecular formula is C11H9F3N2. The lowest BCUT2D eigenvalue weighted by Gasteiger charge is -2.08. The molecule has 0 bridgehead atoms. The number of anilines is 1. The first-order valence-corrected chi connectivity index (χ1v) is 4.64. The molecule has 0 aliphatic heterocycles. The number of pyridine rings is 1. The number of benzene rings is 1.